The number of aromatic nitrogens is 1. The summed E-state index contributed by atoms with van der Waals surface area (Å²) in [5, 5.41) is 0.921. The van der Waals surface area contributed by atoms with E-state index in [0.717, 1.165) is 16.3 Å². The fourth-order valence-electron chi connectivity index (χ4n) is 1.01. The second-order valence-corrected chi connectivity index (χ2v) is 4.25. The fourth-order valence-corrected chi connectivity index (χ4v) is 1.93. The Kier molecular flexibility index (Phi) is 2.20. The van der Waals surface area contributed by atoms with Crippen molar-refractivity contribution in [2.45, 2.75) is 0 Å². The molecule has 0 aliphatic rings. The zero-order chi connectivity index (χ0) is 9.26. The lowest BCUT2D eigenvalue weighted by atomic mass is 10.2. The second-order valence-electron chi connectivity index (χ2n) is 2.59. The number of nitrogens with two attached hydrogens (primary N) is 1. The number of benzene rings is 1. The van der Waals surface area contributed by atoms with E-state index in [2.05, 4.69) is 4.98 Å². The van der Waals surface area contributed by atoms with Gasteiger partial charge in [-0.15, -0.1) is 11.3 Å². The maximum absolute atomic E-state index is 5.77. The maximum Gasteiger partial charge on any atom is 0.124 e. The van der Waals surface area contributed by atoms with Gasteiger partial charge in [0.2, 0.25) is 0 Å². The van der Waals surface area contributed by atoms with Gasteiger partial charge < -0.3 is 5.73 Å². The van der Waals surface area contributed by atoms with Crippen LogP contribution in [0, 0.1) is 0 Å². The highest BCUT2D eigenvalue weighted by atomic mass is 35.5. The number of rotatable bonds is 1. The van der Waals surface area contributed by atoms with Crippen LogP contribution in [-0.4, -0.2) is 4.98 Å². The Balaban J connectivity index is 2.41. The maximum atomic E-state index is 5.77. The number of hydrogen-bond donors (Lipinski definition) is 1. The lowest BCUT2D eigenvalue weighted by Crippen LogP contribution is -1.82. The average molecular weight is 211 g/mol. The summed E-state index contributed by atoms with van der Waals surface area (Å²) in [7, 11) is 0. The first-order valence-electron chi connectivity index (χ1n) is 3.73. The molecule has 0 aliphatic carbocycles. The topological polar surface area (TPSA) is 38.9 Å². The summed E-state index contributed by atoms with van der Waals surface area (Å²) in [6.45, 7) is 0. The van der Waals surface area contributed by atoms with Crippen LogP contribution in [0.5, 0.6) is 0 Å². The predicted octanol–water partition coefficient (Wildman–Crippen LogP) is 3.05. The van der Waals surface area contributed by atoms with Gasteiger partial charge in [-0.2, -0.15) is 0 Å². The zero-order valence-corrected chi connectivity index (χ0v) is 8.27. The quantitative estimate of drug-likeness (QED) is 0.735. The standard InChI is InChI=1S/C9H7ClN2S/c10-8-5-12-9(13-8)6-1-3-7(11)4-2-6/h1-5H,11H2. The minimum Gasteiger partial charge on any atom is -0.399 e. The number of anilines is 1. The van der Waals surface area contributed by atoms with Gasteiger partial charge in [-0.1, -0.05) is 11.6 Å². The summed E-state index contributed by atoms with van der Waals surface area (Å²) < 4.78 is 0.701. The van der Waals surface area contributed by atoms with E-state index in [1.165, 1.54) is 11.3 Å². The van der Waals surface area contributed by atoms with Crippen LogP contribution in [0.15, 0.2) is 30.5 Å². The Labute approximate surface area is 85.0 Å². The molecule has 2 rings (SSSR count). The van der Waals surface area contributed by atoms with Gasteiger partial charge in [0, 0.05) is 11.3 Å². The minimum absolute atomic E-state index is 0.701. The van der Waals surface area contributed by atoms with E-state index in [1.54, 1.807) is 6.20 Å². The first-order valence-corrected chi connectivity index (χ1v) is 4.92. The van der Waals surface area contributed by atoms with E-state index < -0.39 is 0 Å². The van der Waals surface area contributed by atoms with Crippen molar-refractivity contribution in [3.8, 4) is 10.6 Å². The monoisotopic (exact) mass is 210 g/mol. The molecule has 13 heavy (non-hydrogen) atoms. The van der Waals surface area contributed by atoms with Crippen LogP contribution in [0.1, 0.15) is 0 Å². The van der Waals surface area contributed by atoms with Crippen molar-refractivity contribution in [3.05, 3.63) is 34.8 Å². The third kappa shape index (κ3) is 1.82. The molecular weight excluding hydrogens is 204 g/mol. The third-order valence-corrected chi connectivity index (χ3v) is 2.80. The van der Waals surface area contributed by atoms with Crippen molar-refractivity contribution in [1.82, 2.24) is 4.98 Å². The molecule has 0 bridgehead atoms. The van der Waals surface area contributed by atoms with Gasteiger partial charge in [-0.05, 0) is 24.3 Å². The lowest BCUT2D eigenvalue weighted by Gasteiger charge is -1.95. The van der Waals surface area contributed by atoms with Gasteiger partial charge in [0.1, 0.15) is 9.34 Å². The van der Waals surface area contributed by atoms with Crippen molar-refractivity contribution < 1.29 is 0 Å². The van der Waals surface area contributed by atoms with Crippen molar-refractivity contribution in [3.63, 3.8) is 0 Å². The number of halogens is 1. The lowest BCUT2D eigenvalue weighted by molar-refractivity contribution is 1.41. The Hall–Kier alpha value is -1.06. The van der Waals surface area contributed by atoms with Crippen molar-refractivity contribution in [1.29, 1.82) is 0 Å². The van der Waals surface area contributed by atoms with Gasteiger partial charge in [0.05, 0.1) is 6.20 Å². The van der Waals surface area contributed by atoms with Crippen molar-refractivity contribution in [2.24, 2.45) is 0 Å². The van der Waals surface area contributed by atoms with Crippen LogP contribution in [0.25, 0.3) is 10.6 Å². The Morgan fingerprint density at radius 1 is 1.23 bits per heavy atom. The normalized spacial score (nSPS) is 10.2. The molecule has 0 amide bonds. The molecule has 2 N–H and O–H groups in total. The summed E-state index contributed by atoms with van der Waals surface area (Å²) in [5.74, 6) is 0. The van der Waals surface area contributed by atoms with E-state index in [4.69, 9.17) is 17.3 Å². The first kappa shape index (κ1) is 8.53. The number of nitrogens with zero attached hydrogens (tertiary/aromatic N) is 1. The van der Waals surface area contributed by atoms with Crippen LogP contribution in [-0.2, 0) is 0 Å². The summed E-state index contributed by atoms with van der Waals surface area (Å²) in [5.41, 5.74) is 7.37. The first-order chi connectivity index (χ1) is 6.25. The highest BCUT2D eigenvalue weighted by Gasteiger charge is 2.01. The van der Waals surface area contributed by atoms with Crippen LogP contribution >= 0.6 is 22.9 Å². The molecule has 2 aromatic rings. The molecule has 0 unspecified atom stereocenters. The van der Waals surface area contributed by atoms with Crippen LogP contribution in [0.4, 0.5) is 5.69 Å². The Bertz CT molecular complexity index is 408. The van der Waals surface area contributed by atoms with Crippen molar-refractivity contribution in [2.75, 3.05) is 5.73 Å². The summed E-state index contributed by atoms with van der Waals surface area (Å²) in [6, 6.07) is 7.57. The average Bonchev–Trinajstić information content (AvgIpc) is 2.53. The van der Waals surface area contributed by atoms with Gasteiger partial charge in [-0.25, -0.2) is 4.98 Å². The molecule has 66 valence electrons. The fraction of sp³-hybridized carbons (Fsp3) is 0. The zero-order valence-electron chi connectivity index (χ0n) is 6.70. The smallest absolute Gasteiger partial charge is 0.124 e. The van der Waals surface area contributed by atoms with E-state index in [1.807, 2.05) is 24.3 Å². The largest absolute Gasteiger partial charge is 0.399 e. The molecule has 0 spiro atoms. The predicted molar refractivity (Wildman–Crippen MR) is 57.0 cm³/mol. The van der Waals surface area contributed by atoms with E-state index >= 15 is 0 Å². The van der Waals surface area contributed by atoms with E-state index in [9.17, 15) is 0 Å². The van der Waals surface area contributed by atoms with E-state index in [0.29, 0.717) is 4.34 Å². The highest BCUT2D eigenvalue weighted by Crippen LogP contribution is 2.28. The molecule has 0 aliphatic heterocycles. The minimum atomic E-state index is 0.701. The molecule has 0 saturated heterocycles. The molecule has 1 aromatic carbocycles. The third-order valence-electron chi connectivity index (χ3n) is 1.64. The Morgan fingerprint density at radius 3 is 2.46 bits per heavy atom. The molecule has 1 heterocycles. The van der Waals surface area contributed by atoms with Crippen LogP contribution in [0.3, 0.4) is 0 Å². The molecule has 0 saturated carbocycles. The number of thiazole rings is 1. The highest BCUT2D eigenvalue weighted by molar-refractivity contribution is 7.18. The SMILES string of the molecule is Nc1ccc(-c2ncc(Cl)s2)cc1. The van der Waals surface area contributed by atoms with Crippen molar-refractivity contribution >= 4 is 28.6 Å². The molecule has 1 aromatic heterocycles. The molecule has 2 nitrogen and oxygen atoms in total. The number of hydrogen-bond acceptors (Lipinski definition) is 3. The molecular formula is C9H7ClN2S. The van der Waals surface area contributed by atoms with Gasteiger partial charge in [0.15, 0.2) is 0 Å². The molecule has 0 fully saturated rings. The number of nitrogen functional groups attached to an aromatic ring is 1. The summed E-state index contributed by atoms with van der Waals surface area (Å²) in [4.78, 5) is 4.16. The molecule has 4 heteroatoms. The molecule has 0 radical (unpaired) electrons. The van der Waals surface area contributed by atoms with Gasteiger partial charge in [-0.3, -0.25) is 0 Å². The summed E-state index contributed by atoms with van der Waals surface area (Å²) in [6.07, 6.45) is 1.65. The van der Waals surface area contributed by atoms with Gasteiger partial charge >= 0.3 is 0 Å². The van der Waals surface area contributed by atoms with Gasteiger partial charge in [0.25, 0.3) is 0 Å². The van der Waals surface area contributed by atoms with Crippen LogP contribution < -0.4 is 5.73 Å². The summed E-state index contributed by atoms with van der Waals surface area (Å²) >= 11 is 7.23. The second kappa shape index (κ2) is 3.36. The molecule has 0 atom stereocenters. The van der Waals surface area contributed by atoms with E-state index in [-0.39, 0.29) is 0 Å². The Morgan fingerprint density at radius 2 is 1.92 bits per heavy atom. The van der Waals surface area contributed by atoms with Crippen LogP contribution in [0.2, 0.25) is 4.34 Å².